The van der Waals surface area contributed by atoms with E-state index in [4.69, 9.17) is 0 Å². The quantitative estimate of drug-likeness (QED) is 0.635. The molecule has 0 aliphatic heterocycles. The van der Waals surface area contributed by atoms with Crippen molar-refractivity contribution in [3.63, 3.8) is 0 Å². The van der Waals surface area contributed by atoms with E-state index in [1.165, 1.54) is 12.8 Å². The third-order valence-corrected chi connectivity index (χ3v) is 2.02. The van der Waals surface area contributed by atoms with Crippen LogP contribution in [0.15, 0.2) is 0 Å². The molecule has 0 aromatic heterocycles. The van der Waals surface area contributed by atoms with Crippen LogP contribution in [0.4, 0.5) is 0 Å². The van der Waals surface area contributed by atoms with Gasteiger partial charge in [-0.3, -0.25) is 0 Å². The fourth-order valence-corrected chi connectivity index (χ4v) is 1.35. The van der Waals surface area contributed by atoms with E-state index in [0.717, 1.165) is 26.1 Å². The molecule has 0 saturated heterocycles. The molecule has 12 heavy (non-hydrogen) atoms. The molecule has 1 N–H and O–H groups in total. The van der Waals surface area contributed by atoms with E-state index >= 15 is 0 Å². The molecule has 0 saturated carbocycles. The van der Waals surface area contributed by atoms with Gasteiger partial charge in [-0.05, 0) is 32.4 Å². The Morgan fingerprint density at radius 1 is 1.08 bits per heavy atom. The molecule has 0 radical (unpaired) electrons. The lowest BCUT2D eigenvalue weighted by atomic mass is 10.2. The second-order valence-corrected chi connectivity index (χ2v) is 3.36. The molecule has 0 bridgehead atoms. The van der Waals surface area contributed by atoms with Crippen LogP contribution in [-0.4, -0.2) is 35.7 Å². The summed E-state index contributed by atoms with van der Waals surface area (Å²) in [6.45, 7) is 9.47. The Balaban J connectivity index is 3.61. The summed E-state index contributed by atoms with van der Waals surface area (Å²) >= 11 is 0. The van der Waals surface area contributed by atoms with Gasteiger partial charge in [0.25, 0.3) is 0 Å². The molecule has 74 valence electrons. The smallest absolute Gasteiger partial charge is 0.0664 e. The lowest BCUT2D eigenvalue weighted by molar-refractivity contribution is 0.109. The van der Waals surface area contributed by atoms with E-state index < -0.39 is 0 Å². The maximum atomic E-state index is 9.44. The largest absolute Gasteiger partial charge is 0.392 e. The minimum absolute atomic E-state index is 0.136. The van der Waals surface area contributed by atoms with Gasteiger partial charge in [0.2, 0.25) is 0 Å². The second kappa shape index (κ2) is 7.56. The van der Waals surface area contributed by atoms with Crippen LogP contribution in [0.2, 0.25) is 0 Å². The predicted molar refractivity (Wildman–Crippen MR) is 53.3 cm³/mol. The second-order valence-electron chi connectivity index (χ2n) is 3.36. The lowest BCUT2D eigenvalue weighted by Crippen LogP contribution is -2.33. The molecule has 0 aliphatic carbocycles. The Hall–Kier alpha value is -0.0800. The van der Waals surface area contributed by atoms with Crippen LogP contribution in [0, 0.1) is 0 Å². The van der Waals surface area contributed by atoms with Crippen molar-refractivity contribution >= 4 is 0 Å². The number of hydrogen-bond acceptors (Lipinski definition) is 2. The first-order chi connectivity index (χ1) is 5.74. The molecule has 0 aromatic rings. The van der Waals surface area contributed by atoms with Crippen molar-refractivity contribution in [1.82, 2.24) is 4.90 Å². The van der Waals surface area contributed by atoms with Crippen molar-refractivity contribution < 1.29 is 5.11 Å². The Morgan fingerprint density at radius 3 is 1.92 bits per heavy atom. The van der Waals surface area contributed by atoms with Crippen molar-refractivity contribution in [2.75, 3.05) is 19.6 Å². The molecular weight excluding hydrogens is 150 g/mol. The first kappa shape index (κ1) is 11.9. The highest BCUT2D eigenvalue weighted by molar-refractivity contribution is 4.62. The van der Waals surface area contributed by atoms with E-state index in [1.54, 1.807) is 0 Å². The molecule has 0 heterocycles. The van der Waals surface area contributed by atoms with E-state index in [-0.39, 0.29) is 6.10 Å². The molecule has 2 nitrogen and oxygen atoms in total. The minimum Gasteiger partial charge on any atom is -0.392 e. The predicted octanol–water partition coefficient (Wildman–Crippen LogP) is 1.88. The van der Waals surface area contributed by atoms with Crippen LogP contribution < -0.4 is 0 Å². The molecule has 0 aromatic carbocycles. The zero-order valence-corrected chi connectivity index (χ0v) is 8.71. The van der Waals surface area contributed by atoms with Gasteiger partial charge in [-0.2, -0.15) is 0 Å². The fraction of sp³-hybridized carbons (Fsp3) is 1.00. The lowest BCUT2D eigenvalue weighted by Gasteiger charge is -2.23. The van der Waals surface area contributed by atoms with E-state index in [1.807, 2.05) is 6.92 Å². The molecule has 0 spiro atoms. The zero-order chi connectivity index (χ0) is 9.40. The van der Waals surface area contributed by atoms with Crippen LogP contribution in [0.5, 0.6) is 0 Å². The Kier molecular flexibility index (Phi) is 7.51. The van der Waals surface area contributed by atoms with E-state index in [2.05, 4.69) is 18.7 Å². The summed E-state index contributed by atoms with van der Waals surface area (Å²) in [4.78, 5) is 2.34. The summed E-state index contributed by atoms with van der Waals surface area (Å²) in [5.74, 6) is 0. The first-order valence-electron chi connectivity index (χ1n) is 5.14. The van der Waals surface area contributed by atoms with Crippen molar-refractivity contribution in [2.45, 2.75) is 46.1 Å². The summed E-state index contributed by atoms with van der Waals surface area (Å²) < 4.78 is 0. The molecule has 0 aliphatic rings. The van der Waals surface area contributed by atoms with Gasteiger partial charge in [0.05, 0.1) is 6.10 Å². The standard InChI is InChI=1S/C10H23NO/c1-4-7-11(8-5-2)9-10(12)6-3/h10,12H,4-9H2,1-3H3/t10-/m0/s1. The third-order valence-electron chi connectivity index (χ3n) is 2.02. The number of aliphatic hydroxyl groups excluding tert-OH is 1. The maximum Gasteiger partial charge on any atom is 0.0664 e. The Bertz CT molecular complexity index is 89.8. The van der Waals surface area contributed by atoms with Gasteiger partial charge in [-0.25, -0.2) is 0 Å². The third kappa shape index (κ3) is 5.56. The summed E-state index contributed by atoms with van der Waals surface area (Å²) in [7, 11) is 0. The van der Waals surface area contributed by atoms with Gasteiger partial charge < -0.3 is 10.0 Å². The zero-order valence-electron chi connectivity index (χ0n) is 8.71. The van der Waals surface area contributed by atoms with Gasteiger partial charge in [0.1, 0.15) is 0 Å². The fourth-order valence-electron chi connectivity index (χ4n) is 1.35. The van der Waals surface area contributed by atoms with Crippen LogP contribution in [0.1, 0.15) is 40.0 Å². The van der Waals surface area contributed by atoms with Crippen LogP contribution in [-0.2, 0) is 0 Å². The average Bonchev–Trinajstić information content (AvgIpc) is 2.05. The van der Waals surface area contributed by atoms with Crippen LogP contribution in [0.25, 0.3) is 0 Å². The molecule has 0 unspecified atom stereocenters. The van der Waals surface area contributed by atoms with Gasteiger partial charge >= 0.3 is 0 Å². The van der Waals surface area contributed by atoms with Gasteiger partial charge in [0.15, 0.2) is 0 Å². The molecule has 2 heteroatoms. The van der Waals surface area contributed by atoms with Crippen molar-refractivity contribution in [3.05, 3.63) is 0 Å². The molecule has 0 fully saturated rings. The summed E-state index contributed by atoms with van der Waals surface area (Å²) in [5.41, 5.74) is 0. The topological polar surface area (TPSA) is 23.5 Å². The maximum absolute atomic E-state index is 9.44. The van der Waals surface area contributed by atoms with Crippen molar-refractivity contribution in [1.29, 1.82) is 0 Å². The molecule has 0 amide bonds. The monoisotopic (exact) mass is 173 g/mol. The average molecular weight is 173 g/mol. The van der Waals surface area contributed by atoms with Crippen molar-refractivity contribution in [3.8, 4) is 0 Å². The number of aliphatic hydroxyl groups is 1. The molecule has 0 rings (SSSR count). The van der Waals surface area contributed by atoms with E-state index in [0.29, 0.717) is 0 Å². The first-order valence-corrected chi connectivity index (χ1v) is 5.14. The highest BCUT2D eigenvalue weighted by atomic mass is 16.3. The van der Waals surface area contributed by atoms with Gasteiger partial charge in [-0.15, -0.1) is 0 Å². The van der Waals surface area contributed by atoms with E-state index in [9.17, 15) is 5.11 Å². The number of rotatable bonds is 7. The highest BCUT2D eigenvalue weighted by Gasteiger charge is 2.07. The molecule has 1 atom stereocenters. The van der Waals surface area contributed by atoms with Crippen LogP contribution >= 0.6 is 0 Å². The Morgan fingerprint density at radius 2 is 1.58 bits per heavy atom. The number of nitrogens with zero attached hydrogens (tertiary/aromatic N) is 1. The van der Waals surface area contributed by atoms with Crippen LogP contribution in [0.3, 0.4) is 0 Å². The SMILES string of the molecule is CCCN(CCC)C[C@@H](O)CC. The van der Waals surface area contributed by atoms with Gasteiger partial charge in [0, 0.05) is 6.54 Å². The number of hydrogen-bond donors (Lipinski definition) is 1. The summed E-state index contributed by atoms with van der Waals surface area (Å²) in [5, 5.41) is 9.44. The van der Waals surface area contributed by atoms with Gasteiger partial charge in [-0.1, -0.05) is 20.8 Å². The Labute approximate surface area is 76.6 Å². The molecular formula is C10H23NO. The summed E-state index contributed by atoms with van der Waals surface area (Å²) in [6.07, 6.45) is 3.08. The highest BCUT2D eigenvalue weighted by Crippen LogP contribution is 1.99. The minimum atomic E-state index is -0.136. The van der Waals surface area contributed by atoms with Crippen molar-refractivity contribution in [2.24, 2.45) is 0 Å². The normalized spacial score (nSPS) is 13.8. The summed E-state index contributed by atoms with van der Waals surface area (Å²) in [6, 6.07) is 0.